The molecule has 2 atom stereocenters. The average Bonchev–Trinajstić information content (AvgIpc) is 3.45. The van der Waals surface area contributed by atoms with Crippen molar-refractivity contribution in [1.29, 1.82) is 0 Å². The van der Waals surface area contributed by atoms with Crippen LogP contribution in [0.1, 0.15) is 46.7 Å². The van der Waals surface area contributed by atoms with E-state index in [1.807, 2.05) is 36.2 Å². The van der Waals surface area contributed by atoms with Crippen LogP contribution in [0.25, 0.3) is 0 Å². The van der Waals surface area contributed by atoms with Gasteiger partial charge in [-0.3, -0.25) is 9.59 Å². The predicted molar refractivity (Wildman–Crippen MR) is 146 cm³/mol. The van der Waals surface area contributed by atoms with Gasteiger partial charge in [0.05, 0.1) is 11.8 Å². The lowest BCUT2D eigenvalue weighted by Gasteiger charge is -2.23. The number of amidine groups is 1. The summed E-state index contributed by atoms with van der Waals surface area (Å²) in [5.41, 5.74) is 7.34. The van der Waals surface area contributed by atoms with E-state index in [9.17, 15) is 9.59 Å². The molecule has 0 spiro atoms. The van der Waals surface area contributed by atoms with Crippen LogP contribution in [0.3, 0.4) is 0 Å². The van der Waals surface area contributed by atoms with Gasteiger partial charge in [-0.15, -0.1) is 0 Å². The second-order valence-corrected chi connectivity index (χ2v) is 10.5. The summed E-state index contributed by atoms with van der Waals surface area (Å²) in [5.74, 6) is -0.503. The van der Waals surface area contributed by atoms with Crippen LogP contribution in [0, 0.1) is 20.8 Å². The second kappa shape index (κ2) is 10.1. The minimum Gasteiger partial charge on any atom is -0.326 e. The normalized spacial score (nSPS) is 19.3. The van der Waals surface area contributed by atoms with Crippen LogP contribution >= 0.6 is 11.8 Å². The monoisotopic (exact) mass is 496 g/mol. The molecule has 3 aromatic rings. The lowest BCUT2D eigenvalue weighted by molar-refractivity contribution is -0.121. The predicted octanol–water partition coefficient (Wildman–Crippen LogP) is 5.79. The number of carbonyl (C=O) groups is 2. The number of anilines is 1. The first kappa shape index (κ1) is 24.0. The second-order valence-electron chi connectivity index (χ2n) is 9.35. The molecule has 36 heavy (non-hydrogen) atoms. The number of aliphatic imine (C=N–C) groups is 1. The Morgan fingerprint density at radius 2 is 1.50 bits per heavy atom. The number of aryl methyl sites for hydroxylation is 3. The van der Waals surface area contributed by atoms with Gasteiger partial charge in [-0.05, 0) is 44.0 Å². The standard InChI is InChI=1S/C29H28N4O2S/c1-18-4-10-21(11-5-18)24-16-25(22-12-6-19(2)7-13-22)33(32-24)29-31-28(35)26(36-29)17-27(34)30-23-14-8-20(3)9-15-23/h4-15,25-26H,16-17H2,1-3H3,(H,30,34)/t25-,26-/m1/s1. The Bertz CT molecular complexity index is 1350. The lowest BCUT2D eigenvalue weighted by atomic mass is 9.97. The van der Waals surface area contributed by atoms with E-state index in [1.54, 1.807) is 0 Å². The molecular weight excluding hydrogens is 468 g/mol. The zero-order valence-corrected chi connectivity index (χ0v) is 21.4. The van der Waals surface area contributed by atoms with Crippen molar-refractivity contribution in [3.05, 3.63) is 101 Å². The van der Waals surface area contributed by atoms with Gasteiger partial charge < -0.3 is 5.32 Å². The average molecular weight is 497 g/mol. The molecule has 0 aromatic heterocycles. The molecule has 3 aromatic carbocycles. The number of hydrogen-bond donors (Lipinski definition) is 1. The van der Waals surface area contributed by atoms with Crippen molar-refractivity contribution in [1.82, 2.24) is 5.01 Å². The van der Waals surface area contributed by atoms with E-state index in [1.165, 1.54) is 22.9 Å². The summed E-state index contributed by atoms with van der Waals surface area (Å²) in [5, 5.41) is 9.63. The van der Waals surface area contributed by atoms with Crippen LogP contribution in [-0.2, 0) is 9.59 Å². The zero-order chi connectivity index (χ0) is 25.2. The van der Waals surface area contributed by atoms with Crippen LogP contribution in [0.15, 0.2) is 82.9 Å². The number of carbonyl (C=O) groups excluding carboxylic acids is 2. The van der Waals surface area contributed by atoms with Crippen LogP contribution in [0.5, 0.6) is 0 Å². The maximum Gasteiger partial charge on any atom is 0.262 e. The van der Waals surface area contributed by atoms with Gasteiger partial charge in [0.2, 0.25) is 5.91 Å². The summed E-state index contributed by atoms with van der Waals surface area (Å²) < 4.78 is 0. The number of nitrogens with zero attached hydrogens (tertiary/aromatic N) is 3. The molecular formula is C29H28N4O2S. The maximum atomic E-state index is 12.8. The molecule has 0 bridgehead atoms. The van der Waals surface area contributed by atoms with Crippen molar-refractivity contribution in [2.24, 2.45) is 10.1 Å². The van der Waals surface area contributed by atoms with Gasteiger partial charge in [0.1, 0.15) is 5.25 Å². The minimum absolute atomic E-state index is 0.0575. The van der Waals surface area contributed by atoms with Crippen molar-refractivity contribution in [3.8, 4) is 0 Å². The molecule has 2 amide bonds. The van der Waals surface area contributed by atoms with Crippen LogP contribution in [0.4, 0.5) is 5.69 Å². The Hall–Kier alpha value is -3.71. The summed E-state index contributed by atoms with van der Waals surface area (Å²) in [6, 6.07) is 24.2. The molecule has 0 fully saturated rings. The molecule has 0 saturated carbocycles. The minimum atomic E-state index is -0.567. The van der Waals surface area contributed by atoms with Gasteiger partial charge in [0, 0.05) is 18.5 Å². The van der Waals surface area contributed by atoms with Gasteiger partial charge in [-0.2, -0.15) is 10.1 Å². The summed E-state index contributed by atoms with van der Waals surface area (Å²) in [6.07, 6.45) is 0.764. The topological polar surface area (TPSA) is 74.1 Å². The molecule has 7 heteroatoms. The number of amides is 2. The summed E-state index contributed by atoms with van der Waals surface area (Å²) in [6.45, 7) is 6.12. The molecule has 2 heterocycles. The van der Waals surface area contributed by atoms with E-state index >= 15 is 0 Å². The molecule has 0 aliphatic carbocycles. The third kappa shape index (κ3) is 5.26. The SMILES string of the molecule is Cc1ccc(NC(=O)C[C@H]2SC(N3N=C(c4ccc(C)cc4)C[C@@H]3c3ccc(C)cc3)=NC2=O)cc1. The first-order valence-corrected chi connectivity index (χ1v) is 12.9. The highest BCUT2D eigenvalue weighted by Crippen LogP contribution is 2.38. The van der Waals surface area contributed by atoms with Gasteiger partial charge in [-0.25, -0.2) is 5.01 Å². The molecule has 6 nitrogen and oxygen atoms in total. The van der Waals surface area contributed by atoms with E-state index in [4.69, 9.17) is 5.10 Å². The van der Waals surface area contributed by atoms with E-state index in [0.29, 0.717) is 17.3 Å². The highest BCUT2D eigenvalue weighted by atomic mass is 32.2. The third-order valence-electron chi connectivity index (χ3n) is 6.39. The molecule has 1 N–H and O–H groups in total. The van der Waals surface area contributed by atoms with Crippen molar-refractivity contribution < 1.29 is 9.59 Å². The van der Waals surface area contributed by atoms with Crippen molar-refractivity contribution in [2.45, 2.75) is 44.9 Å². The van der Waals surface area contributed by atoms with Gasteiger partial charge in [0.25, 0.3) is 5.91 Å². The molecule has 2 aliphatic rings. The quantitative estimate of drug-likeness (QED) is 0.485. The smallest absolute Gasteiger partial charge is 0.262 e. The van der Waals surface area contributed by atoms with Gasteiger partial charge in [-0.1, -0.05) is 89.1 Å². The van der Waals surface area contributed by atoms with Crippen LogP contribution in [0.2, 0.25) is 0 Å². The molecule has 0 unspecified atom stereocenters. The molecule has 0 saturated heterocycles. The number of hydrazone groups is 1. The van der Waals surface area contributed by atoms with E-state index < -0.39 is 5.25 Å². The lowest BCUT2D eigenvalue weighted by Crippen LogP contribution is -2.25. The fourth-order valence-corrected chi connectivity index (χ4v) is 5.34. The Morgan fingerprint density at radius 3 is 2.14 bits per heavy atom. The van der Waals surface area contributed by atoms with Gasteiger partial charge in [0.15, 0.2) is 5.17 Å². The maximum absolute atomic E-state index is 12.8. The first-order chi connectivity index (χ1) is 17.4. The first-order valence-electron chi connectivity index (χ1n) is 12.0. The zero-order valence-electron chi connectivity index (χ0n) is 20.6. The Labute approximate surface area is 215 Å². The van der Waals surface area contributed by atoms with E-state index in [2.05, 4.69) is 72.7 Å². The Morgan fingerprint density at radius 1 is 0.917 bits per heavy atom. The summed E-state index contributed by atoms with van der Waals surface area (Å²) in [7, 11) is 0. The largest absolute Gasteiger partial charge is 0.326 e. The number of rotatable bonds is 5. The highest BCUT2D eigenvalue weighted by molar-refractivity contribution is 8.15. The highest BCUT2D eigenvalue weighted by Gasteiger charge is 2.39. The van der Waals surface area contributed by atoms with Crippen LogP contribution < -0.4 is 5.32 Å². The molecule has 2 aliphatic heterocycles. The molecule has 5 rings (SSSR count). The summed E-state index contributed by atoms with van der Waals surface area (Å²) in [4.78, 5) is 29.8. The number of thioether (sulfide) groups is 1. The van der Waals surface area contributed by atoms with E-state index in [-0.39, 0.29) is 24.3 Å². The van der Waals surface area contributed by atoms with Gasteiger partial charge >= 0.3 is 0 Å². The van der Waals surface area contributed by atoms with E-state index in [0.717, 1.165) is 22.4 Å². The Balaban J connectivity index is 1.35. The summed E-state index contributed by atoms with van der Waals surface area (Å²) >= 11 is 1.32. The Kier molecular flexibility index (Phi) is 6.74. The fourth-order valence-electron chi connectivity index (χ4n) is 4.28. The van der Waals surface area contributed by atoms with Crippen molar-refractivity contribution in [2.75, 3.05) is 5.32 Å². The van der Waals surface area contributed by atoms with Crippen LogP contribution in [-0.4, -0.2) is 33.0 Å². The van der Waals surface area contributed by atoms with Crippen molar-refractivity contribution in [3.63, 3.8) is 0 Å². The third-order valence-corrected chi connectivity index (χ3v) is 7.53. The number of nitrogens with one attached hydrogen (secondary N) is 1. The number of benzene rings is 3. The molecule has 182 valence electrons. The molecule has 0 radical (unpaired) electrons. The number of hydrogen-bond acceptors (Lipinski definition) is 5. The van der Waals surface area contributed by atoms with Crippen molar-refractivity contribution >= 4 is 40.1 Å². The fraction of sp³-hybridized carbons (Fsp3) is 0.241.